The largest absolute Gasteiger partial charge is 0.394 e. The molecule has 0 spiro atoms. The molecule has 3 N–H and O–H groups in total. The summed E-state index contributed by atoms with van der Waals surface area (Å²) in [7, 11) is 0. The predicted molar refractivity (Wildman–Crippen MR) is 97.6 cm³/mol. The topological polar surface area (TPSA) is 86.2 Å². The van der Waals surface area contributed by atoms with Crippen LogP contribution < -0.4 is 5.73 Å². The van der Waals surface area contributed by atoms with E-state index in [2.05, 4.69) is 9.97 Å². The second kappa shape index (κ2) is 6.46. The second-order valence-corrected chi connectivity index (χ2v) is 6.85. The fourth-order valence-corrected chi connectivity index (χ4v) is 3.78. The van der Waals surface area contributed by atoms with E-state index < -0.39 is 0 Å². The Balaban J connectivity index is 1.90. The third-order valence-corrected chi connectivity index (χ3v) is 5.01. The van der Waals surface area contributed by atoms with Gasteiger partial charge in [0.1, 0.15) is 24.0 Å². The fourth-order valence-electron chi connectivity index (χ4n) is 3.27. The first-order valence-electron chi connectivity index (χ1n) is 7.91. The van der Waals surface area contributed by atoms with Crippen molar-refractivity contribution in [3.8, 4) is 11.1 Å². The van der Waals surface area contributed by atoms with Crippen LogP contribution in [-0.4, -0.2) is 32.4 Å². The van der Waals surface area contributed by atoms with Crippen LogP contribution in [0.25, 0.3) is 22.2 Å². The number of anilines is 1. The molecule has 3 heterocycles. The van der Waals surface area contributed by atoms with Crippen LogP contribution in [0.3, 0.4) is 0 Å². The molecule has 4 rings (SSSR count). The van der Waals surface area contributed by atoms with Gasteiger partial charge < -0.3 is 20.1 Å². The van der Waals surface area contributed by atoms with Gasteiger partial charge in [0.05, 0.1) is 18.1 Å². The Hall–Kier alpha value is -1.86. The molecule has 0 radical (unpaired) electrons. The molecule has 1 aliphatic heterocycles. The molecule has 0 saturated carbocycles. The third-order valence-electron chi connectivity index (χ3n) is 4.46. The molecule has 1 fully saturated rings. The number of aromatic nitrogens is 3. The first-order valence-corrected chi connectivity index (χ1v) is 8.67. The highest BCUT2D eigenvalue weighted by Gasteiger charge is 2.29. The van der Waals surface area contributed by atoms with Crippen molar-refractivity contribution in [3.05, 3.63) is 40.8 Å². The Morgan fingerprint density at radius 1 is 1.24 bits per heavy atom. The number of rotatable bonds is 3. The van der Waals surface area contributed by atoms with Gasteiger partial charge in [-0.25, -0.2) is 9.97 Å². The standard InChI is InChI=1S/C17H16Cl2N4O2/c18-9-1-3-11(13(19)5-9)12-6-23(14-4-2-10(7-24)25-14)17-15(12)16(20)21-8-22-17/h1,3,5-6,8,10,14,24H,2,4,7H2,(H2,20,21,22). The minimum atomic E-state index is -0.214. The monoisotopic (exact) mass is 378 g/mol. The Morgan fingerprint density at radius 3 is 2.80 bits per heavy atom. The number of ether oxygens (including phenoxy) is 1. The Morgan fingerprint density at radius 2 is 2.08 bits per heavy atom. The number of hydrogen-bond acceptors (Lipinski definition) is 5. The van der Waals surface area contributed by atoms with Crippen molar-refractivity contribution in [2.45, 2.75) is 25.2 Å². The van der Waals surface area contributed by atoms with Crippen LogP contribution in [0.1, 0.15) is 19.1 Å². The van der Waals surface area contributed by atoms with Crippen molar-refractivity contribution in [1.82, 2.24) is 14.5 Å². The summed E-state index contributed by atoms with van der Waals surface area (Å²) in [6, 6.07) is 5.32. The van der Waals surface area contributed by atoms with Crippen LogP contribution in [-0.2, 0) is 4.74 Å². The number of fused-ring (bicyclic) bond motifs is 1. The van der Waals surface area contributed by atoms with Crippen LogP contribution in [0.2, 0.25) is 10.0 Å². The molecule has 1 aromatic carbocycles. The zero-order valence-corrected chi connectivity index (χ0v) is 14.7. The van der Waals surface area contributed by atoms with Gasteiger partial charge in [0.15, 0.2) is 0 Å². The molecule has 1 aliphatic rings. The smallest absolute Gasteiger partial charge is 0.148 e. The maximum Gasteiger partial charge on any atom is 0.148 e. The Kier molecular flexibility index (Phi) is 4.29. The Labute approximate surface area is 154 Å². The molecule has 0 amide bonds. The fraction of sp³-hybridized carbons (Fsp3) is 0.294. The van der Waals surface area contributed by atoms with E-state index in [1.165, 1.54) is 6.33 Å². The molecule has 2 aromatic heterocycles. The third kappa shape index (κ3) is 2.85. The number of nitrogens with zero attached hydrogens (tertiary/aromatic N) is 3. The quantitative estimate of drug-likeness (QED) is 0.726. The molecule has 2 atom stereocenters. The molecule has 0 bridgehead atoms. The van der Waals surface area contributed by atoms with E-state index in [1.54, 1.807) is 12.1 Å². The first-order chi connectivity index (χ1) is 12.1. The van der Waals surface area contributed by atoms with Crippen LogP contribution >= 0.6 is 23.2 Å². The van der Waals surface area contributed by atoms with Gasteiger partial charge in [0.2, 0.25) is 0 Å². The highest BCUT2D eigenvalue weighted by atomic mass is 35.5. The lowest BCUT2D eigenvalue weighted by atomic mass is 10.1. The van der Waals surface area contributed by atoms with E-state index in [0.29, 0.717) is 21.5 Å². The summed E-state index contributed by atoms with van der Waals surface area (Å²) in [6.07, 6.45) is 4.55. The van der Waals surface area contributed by atoms with E-state index >= 15 is 0 Å². The van der Waals surface area contributed by atoms with Gasteiger partial charge in [0, 0.05) is 27.4 Å². The molecular formula is C17H16Cl2N4O2. The lowest BCUT2D eigenvalue weighted by Crippen LogP contribution is -2.14. The van der Waals surface area contributed by atoms with Gasteiger partial charge in [-0.3, -0.25) is 0 Å². The van der Waals surface area contributed by atoms with Gasteiger partial charge in [-0.2, -0.15) is 0 Å². The molecular weight excluding hydrogens is 363 g/mol. The number of hydrogen-bond donors (Lipinski definition) is 2. The maximum atomic E-state index is 9.32. The van der Waals surface area contributed by atoms with E-state index in [-0.39, 0.29) is 18.9 Å². The summed E-state index contributed by atoms with van der Waals surface area (Å²) in [6.45, 7) is 0.00267. The summed E-state index contributed by atoms with van der Waals surface area (Å²) < 4.78 is 7.83. The van der Waals surface area contributed by atoms with Crippen molar-refractivity contribution in [2.75, 3.05) is 12.3 Å². The van der Waals surface area contributed by atoms with Crippen molar-refractivity contribution in [3.63, 3.8) is 0 Å². The van der Waals surface area contributed by atoms with Gasteiger partial charge >= 0.3 is 0 Å². The van der Waals surface area contributed by atoms with Crippen molar-refractivity contribution < 1.29 is 9.84 Å². The zero-order chi connectivity index (χ0) is 17.6. The van der Waals surface area contributed by atoms with Crippen LogP contribution in [0, 0.1) is 0 Å². The summed E-state index contributed by atoms with van der Waals surface area (Å²) in [5.41, 5.74) is 8.43. The van der Waals surface area contributed by atoms with Gasteiger partial charge in [-0.15, -0.1) is 0 Å². The van der Waals surface area contributed by atoms with E-state index in [1.807, 2.05) is 16.8 Å². The molecule has 130 valence electrons. The van der Waals surface area contributed by atoms with Crippen molar-refractivity contribution in [1.29, 1.82) is 0 Å². The molecule has 6 nitrogen and oxygen atoms in total. The lowest BCUT2D eigenvalue weighted by Gasteiger charge is -2.14. The van der Waals surface area contributed by atoms with Crippen LogP contribution in [0.4, 0.5) is 5.82 Å². The molecule has 8 heteroatoms. The van der Waals surface area contributed by atoms with E-state index in [9.17, 15) is 5.11 Å². The van der Waals surface area contributed by atoms with E-state index in [4.69, 9.17) is 33.7 Å². The summed E-state index contributed by atoms with van der Waals surface area (Å²) in [4.78, 5) is 8.51. The van der Waals surface area contributed by atoms with Crippen molar-refractivity contribution in [2.24, 2.45) is 0 Å². The van der Waals surface area contributed by atoms with Crippen molar-refractivity contribution >= 4 is 40.1 Å². The maximum absolute atomic E-state index is 9.32. The number of nitrogens with two attached hydrogens (primary N) is 1. The minimum absolute atomic E-state index is 0.00267. The highest BCUT2D eigenvalue weighted by molar-refractivity contribution is 6.36. The van der Waals surface area contributed by atoms with E-state index in [0.717, 1.165) is 29.4 Å². The SMILES string of the molecule is Nc1ncnc2c1c(-c1ccc(Cl)cc1Cl)cn2C1CCC(CO)O1. The normalized spacial score (nSPS) is 20.4. The minimum Gasteiger partial charge on any atom is -0.394 e. The number of aliphatic hydroxyl groups is 1. The lowest BCUT2D eigenvalue weighted by molar-refractivity contribution is -0.0204. The second-order valence-electron chi connectivity index (χ2n) is 6.00. The highest BCUT2D eigenvalue weighted by Crippen LogP contribution is 2.40. The van der Waals surface area contributed by atoms with Gasteiger partial charge in [-0.1, -0.05) is 29.3 Å². The molecule has 0 aliphatic carbocycles. The predicted octanol–water partition coefficient (Wildman–Crippen LogP) is 3.66. The molecule has 2 unspecified atom stereocenters. The number of halogens is 2. The zero-order valence-electron chi connectivity index (χ0n) is 13.2. The summed E-state index contributed by atoms with van der Waals surface area (Å²) >= 11 is 12.4. The molecule has 1 saturated heterocycles. The molecule has 25 heavy (non-hydrogen) atoms. The van der Waals surface area contributed by atoms with Crippen LogP contribution in [0.15, 0.2) is 30.7 Å². The number of nitrogen functional groups attached to an aromatic ring is 1. The number of aliphatic hydroxyl groups excluding tert-OH is 1. The summed E-state index contributed by atoms with van der Waals surface area (Å²) in [5, 5.41) is 11.1. The average Bonchev–Trinajstić information content (AvgIpc) is 3.20. The first kappa shape index (κ1) is 16.6. The summed E-state index contributed by atoms with van der Waals surface area (Å²) in [5.74, 6) is 0.376. The Bertz CT molecular complexity index is 944. The van der Waals surface area contributed by atoms with Gasteiger partial charge in [0.25, 0.3) is 0 Å². The molecule has 3 aromatic rings. The average molecular weight is 379 g/mol. The van der Waals surface area contributed by atoms with Gasteiger partial charge in [-0.05, 0) is 25.0 Å². The van der Waals surface area contributed by atoms with Crippen LogP contribution in [0.5, 0.6) is 0 Å². The number of benzene rings is 1.